The molecule has 0 spiro atoms. The average Bonchev–Trinajstić information content (AvgIpc) is 2.38. The Labute approximate surface area is 131 Å². The van der Waals surface area contributed by atoms with Gasteiger partial charge in [-0.1, -0.05) is 18.5 Å². The van der Waals surface area contributed by atoms with Crippen molar-refractivity contribution < 1.29 is 18.3 Å². The van der Waals surface area contributed by atoms with E-state index < -0.39 is 21.4 Å². The Hall–Kier alpha value is -0.630. The molecule has 0 fully saturated rings. The maximum atomic E-state index is 12.1. The summed E-state index contributed by atoms with van der Waals surface area (Å²) in [5, 5.41) is 9.52. The Kier molecular flexibility index (Phi) is 5.60. The zero-order chi connectivity index (χ0) is 15.6. The molecule has 0 aromatic heterocycles. The number of hydrogen-bond donors (Lipinski definition) is 2. The van der Waals surface area contributed by atoms with Crippen LogP contribution in [0.25, 0.3) is 0 Å². The van der Waals surface area contributed by atoms with E-state index in [1.54, 1.807) is 6.92 Å². The molecule has 5 nitrogen and oxygen atoms in total. The summed E-state index contributed by atoms with van der Waals surface area (Å²) < 4.78 is 27.0. The summed E-state index contributed by atoms with van der Waals surface area (Å²) in [6.07, 6.45) is 0.315. The van der Waals surface area contributed by atoms with E-state index in [1.807, 2.05) is 0 Å². The van der Waals surface area contributed by atoms with Crippen LogP contribution in [0, 0.1) is 5.41 Å². The number of benzene rings is 1. The highest BCUT2D eigenvalue weighted by atomic mass is 79.9. The van der Waals surface area contributed by atoms with Crippen LogP contribution in [-0.2, 0) is 14.8 Å². The molecule has 0 aliphatic carbocycles. The lowest BCUT2D eigenvalue weighted by Gasteiger charge is -2.23. The van der Waals surface area contributed by atoms with Gasteiger partial charge in [-0.15, -0.1) is 0 Å². The highest BCUT2D eigenvalue weighted by Crippen LogP contribution is 2.26. The number of hydrogen-bond acceptors (Lipinski definition) is 3. The van der Waals surface area contributed by atoms with Gasteiger partial charge in [0.15, 0.2) is 0 Å². The van der Waals surface area contributed by atoms with Crippen molar-refractivity contribution in [3.63, 3.8) is 0 Å². The van der Waals surface area contributed by atoms with Crippen molar-refractivity contribution in [3.8, 4) is 0 Å². The molecule has 8 heteroatoms. The zero-order valence-corrected chi connectivity index (χ0v) is 14.1. The van der Waals surface area contributed by atoms with E-state index in [-0.39, 0.29) is 11.4 Å². The minimum Gasteiger partial charge on any atom is -0.481 e. The first-order chi connectivity index (χ1) is 9.12. The normalized spacial score (nSPS) is 14.8. The number of aliphatic carboxylic acids is 1. The summed E-state index contributed by atoms with van der Waals surface area (Å²) in [5.74, 6) is -1.04. The minimum atomic E-state index is -3.78. The van der Waals surface area contributed by atoms with Crippen LogP contribution in [0.5, 0.6) is 0 Å². The lowest BCUT2D eigenvalue weighted by Crippen LogP contribution is -2.40. The summed E-state index contributed by atoms with van der Waals surface area (Å²) in [5.41, 5.74) is -1.14. The van der Waals surface area contributed by atoms with Crippen LogP contribution in [-0.4, -0.2) is 26.0 Å². The lowest BCUT2D eigenvalue weighted by atomic mass is 9.88. The standard InChI is InChI=1S/C12H15BrClNO4S/c1-3-12(2,11(16)17)7-15-20(18,19)8-4-5-10(14)9(13)6-8/h4-6,15H,3,7H2,1-2H3,(H,16,17). The van der Waals surface area contributed by atoms with E-state index in [2.05, 4.69) is 20.7 Å². The fourth-order valence-corrected chi connectivity index (χ4v) is 3.18. The van der Waals surface area contributed by atoms with Gasteiger partial charge < -0.3 is 5.11 Å². The molecule has 0 heterocycles. The summed E-state index contributed by atoms with van der Waals surface area (Å²) in [6.45, 7) is 3.01. The molecule has 0 bridgehead atoms. The quantitative estimate of drug-likeness (QED) is 0.790. The Morgan fingerprint density at radius 2 is 2.10 bits per heavy atom. The van der Waals surface area contributed by atoms with Crippen molar-refractivity contribution in [2.45, 2.75) is 25.2 Å². The van der Waals surface area contributed by atoms with Crippen LogP contribution >= 0.6 is 27.5 Å². The van der Waals surface area contributed by atoms with Crippen LogP contribution in [0.2, 0.25) is 5.02 Å². The van der Waals surface area contributed by atoms with Crippen molar-refractivity contribution >= 4 is 43.5 Å². The average molecular weight is 385 g/mol. The molecule has 112 valence electrons. The molecule has 1 aromatic rings. The Bertz CT molecular complexity index is 620. The van der Waals surface area contributed by atoms with E-state index in [0.29, 0.717) is 15.9 Å². The second-order valence-corrected chi connectivity index (χ2v) is 7.65. The maximum absolute atomic E-state index is 12.1. The van der Waals surface area contributed by atoms with Crippen LogP contribution in [0.3, 0.4) is 0 Å². The smallest absolute Gasteiger partial charge is 0.310 e. The SMILES string of the molecule is CCC(C)(CNS(=O)(=O)c1ccc(Cl)c(Br)c1)C(=O)O. The van der Waals surface area contributed by atoms with Gasteiger partial charge in [0.1, 0.15) is 0 Å². The molecule has 0 saturated carbocycles. The molecule has 1 aromatic carbocycles. The largest absolute Gasteiger partial charge is 0.481 e. The van der Waals surface area contributed by atoms with E-state index in [9.17, 15) is 13.2 Å². The van der Waals surface area contributed by atoms with Crippen LogP contribution < -0.4 is 4.72 Å². The third-order valence-electron chi connectivity index (χ3n) is 3.15. The van der Waals surface area contributed by atoms with Crippen molar-refractivity contribution in [1.29, 1.82) is 0 Å². The molecule has 1 atom stereocenters. The highest BCUT2D eigenvalue weighted by Gasteiger charge is 2.32. The molecular formula is C12H15BrClNO4S. The molecule has 2 N–H and O–H groups in total. The van der Waals surface area contributed by atoms with Gasteiger partial charge in [0.2, 0.25) is 10.0 Å². The third kappa shape index (κ3) is 3.94. The molecule has 0 aliphatic heterocycles. The van der Waals surface area contributed by atoms with Gasteiger partial charge in [0, 0.05) is 11.0 Å². The van der Waals surface area contributed by atoms with Crippen LogP contribution in [0.1, 0.15) is 20.3 Å². The fourth-order valence-electron chi connectivity index (χ4n) is 1.33. The number of carboxylic acid groups (broad SMARTS) is 1. The van der Waals surface area contributed by atoms with Crippen molar-refractivity contribution in [2.24, 2.45) is 5.41 Å². The summed E-state index contributed by atoms with van der Waals surface area (Å²) in [4.78, 5) is 11.2. The van der Waals surface area contributed by atoms with E-state index >= 15 is 0 Å². The third-order valence-corrected chi connectivity index (χ3v) is 5.76. The maximum Gasteiger partial charge on any atom is 0.310 e. The minimum absolute atomic E-state index is 0.0256. The first-order valence-corrected chi connectivity index (χ1v) is 8.46. The Morgan fingerprint density at radius 3 is 2.55 bits per heavy atom. The number of carboxylic acids is 1. The number of halogens is 2. The van der Waals surface area contributed by atoms with Gasteiger partial charge >= 0.3 is 5.97 Å². The second kappa shape index (κ2) is 6.43. The van der Waals surface area contributed by atoms with Crippen molar-refractivity contribution in [2.75, 3.05) is 6.54 Å². The predicted octanol–water partition coefficient (Wildman–Crippen LogP) is 2.88. The predicted molar refractivity (Wildman–Crippen MR) is 80.4 cm³/mol. The van der Waals surface area contributed by atoms with Gasteiger partial charge in [0.05, 0.1) is 15.3 Å². The topological polar surface area (TPSA) is 83.5 Å². The zero-order valence-electron chi connectivity index (χ0n) is 11.0. The van der Waals surface area contributed by atoms with Gasteiger partial charge in [-0.05, 0) is 47.5 Å². The van der Waals surface area contributed by atoms with Crippen molar-refractivity contribution in [3.05, 3.63) is 27.7 Å². The van der Waals surface area contributed by atoms with Gasteiger partial charge in [0.25, 0.3) is 0 Å². The summed E-state index contributed by atoms with van der Waals surface area (Å²) in [6, 6.07) is 4.19. The monoisotopic (exact) mass is 383 g/mol. The molecule has 0 saturated heterocycles. The molecule has 0 radical (unpaired) electrons. The number of rotatable bonds is 6. The first-order valence-electron chi connectivity index (χ1n) is 5.80. The summed E-state index contributed by atoms with van der Waals surface area (Å²) >= 11 is 8.95. The number of carbonyl (C=O) groups is 1. The lowest BCUT2D eigenvalue weighted by molar-refractivity contribution is -0.147. The molecule has 20 heavy (non-hydrogen) atoms. The van der Waals surface area contributed by atoms with Crippen molar-refractivity contribution in [1.82, 2.24) is 4.72 Å². The second-order valence-electron chi connectivity index (χ2n) is 4.62. The van der Waals surface area contributed by atoms with Gasteiger partial charge in [-0.3, -0.25) is 4.79 Å². The highest BCUT2D eigenvalue weighted by molar-refractivity contribution is 9.10. The van der Waals surface area contributed by atoms with E-state index in [0.717, 1.165) is 0 Å². The van der Waals surface area contributed by atoms with Crippen LogP contribution in [0.15, 0.2) is 27.6 Å². The van der Waals surface area contributed by atoms with Gasteiger partial charge in [-0.2, -0.15) is 0 Å². The Morgan fingerprint density at radius 1 is 1.50 bits per heavy atom. The summed E-state index contributed by atoms with van der Waals surface area (Å²) in [7, 11) is -3.78. The number of sulfonamides is 1. The number of nitrogens with one attached hydrogen (secondary N) is 1. The van der Waals surface area contributed by atoms with Gasteiger partial charge in [-0.25, -0.2) is 13.1 Å². The molecule has 0 amide bonds. The molecule has 1 rings (SSSR count). The fraction of sp³-hybridized carbons (Fsp3) is 0.417. The Balaban J connectivity index is 2.96. The first kappa shape index (κ1) is 17.4. The van der Waals surface area contributed by atoms with Crippen LogP contribution in [0.4, 0.5) is 0 Å². The molecular weight excluding hydrogens is 370 g/mol. The molecule has 1 unspecified atom stereocenters. The molecule has 0 aliphatic rings. The van der Waals surface area contributed by atoms with E-state index in [4.69, 9.17) is 16.7 Å². The van der Waals surface area contributed by atoms with E-state index in [1.165, 1.54) is 25.1 Å².